The van der Waals surface area contributed by atoms with Gasteiger partial charge in [0.2, 0.25) is 0 Å². The highest BCUT2D eigenvalue weighted by molar-refractivity contribution is 5.68. The average Bonchev–Trinajstić information content (AvgIpc) is 2.32. The molecule has 1 fully saturated rings. The summed E-state index contributed by atoms with van der Waals surface area (Å²) in [5.74, 6) is 0. The van der Waals surface area contributed by atoms with Gasteiger partial charge >= 0.3 is 0 Å². The minimum absolute atomic E-state index is 0. The monoisotopic (exact) mass is 228 g/mol. The lowest BCUT2D eigenvalue weighted by Crippen LogP contribution is -2.11. The Balaban J connectivity index is 0.00000256. The summed E-state index contributed by atoms with van der Waals surface area (Å²) in [5.41, 5.74) is 5.41. The largest absolute Gasteiger partial charge is 0.0991 e. The first kappa shape index (κ1) is 15.4. The zero-order chi connectivity index (χ0) is 12.5. The van der Waals surface area contributed by atoms with Gasteiger partial charge in [-0.2, -0.15) is 0 Å². The van der Waals surface area contributed by atoms with E-state index in [1.807, 2.05) is 13.0 Å². The van der Waals surface area contributed by atoms with Crippen LogP contribution in [0.15, 0.2) is 72.4 Å². The summed E-state index contributed by atoms with van der Waals surface area (Å²) >= 11 is 0. The maximum Gasteiger partial charge on any atom is 0.0158 e. The van der Waals surface area contributed by atoms with Gasteiger partial charge in [0.25, 0.3) is 0 Å². The van der Waals surface area contributed by atoms with Crippen molar-refractivity contribution in [2.45, 2.75) is 28.2 Å². The van der Waals surface area contributed by atoms with E-state index in [0.29, 0.717) is 0 Å². The molecule has 92 valence electrons. The maximum absolute atomic E-state index is 4.11. The summed E-state index contributed by atoms with van der Waals surface area (Å²) in [4.78, 5) is 0. The lowest BCUT2D eigenvalue weighted by atomic mass is 9.81. The van der Waals surface area contributed by atoms with Crippen molar-refractivity contribution in [2.24, 2.45) is 5.41 Å². The van der Waals surface area contributed by atoms with Crippen molar-refractivity contribution in [3.8, 4) is 0 Å². The van der Waals surface area contributed by atoms with Gasteiger partial charge in [-0.05, 0) is 29.2 Å². The van der Waals surface area contributed by atoms with E-state index in [4.69, 9.17) is 0 Å². The summed E-state index contributed by atoms with van der Waals surface area (Å²) in [6.07, 6.45) is 5.92. The summed E-state index contributed by atoms with van der Waals surface area (Å²) < 4.78 is 0. The van der Waals surface area contributed by atoms with Crippen LogP contribution in [0.5, 0.6) is 0 Å². The maximum atomic E-state index is 4.11. The van der Waals surface area contributed by atoms with Crippen molar-refractivity contribution < 1.29 is 0 Å². The highest BCUT2D eigenvalue weighted by Gasteiger charge is 2.38. The minimum Gasteiger partial charge on any atom is -0.0991 e. The molecule has 0 aliphatic heterocycles. The molecule has 0 nitrogen and oxygen atoms in total. The number of hydrogen-bond acceptors (Lipinski definition) is 0. The Morgan fingerprint density at radius 2 is 1.59 bits per heavy atom. The summed E-state index contributed by atoms with van der Waals surface area (Å²) in [6, 6.07) is 0. The Morgan fingerprint density at radius 1 is 1.12 bits per heavy atom. The number of allylic oxidation sites excluding steroid dienone is 8. The second kappa shape index (κ2) is 5.18. The molecule has 0 spiro atoms. The topological polar surface area (TPSA) is 0 Å². The van der Waals surface area contributed by atoms with Crippen LogP contribution in [0, 0.1) is 5.41 Å². The normalized spacial score (nSPS) is 22.8. The van der Waals surface area contributed by atoms with Crippen LogP contribution < -0.4 is 0 Å². The van der Waals surface area contributed by atoms with Gasteiger partial charge in [0.1, 0.15) is 0 Å². The van der Waals surface area contributed by atoms with Crippen molar-refractivity contribution >= 4 is 0 Å². The fourth-order valence-electron chi connectivity index (χ4n) is 2.17. The van der Waals surface area contributed by atoms with Crippen molar-refractivity contribution in [2.75, 3.05) is 0 Å². The van der Waals surface area contributed by atoms with E-state index in [0.717, 1.165) is 16.7 Å². The fourth-order valence-corrected chi connectivity index (χ4v) is 2.17. The molecule has 1 saturated carbocycles. The average molecular weight is 228 g/mol. The standard InChI is InChI=1S/C16H20.CH4/c1-8-9-14-12(4)13(5)15(10-11(2)3)16(14,6)7;/h8-10H,1-2,4-5H2,3,6-7H3;1H4/b14-9+,15-10+;. The molecule has 1 aliphatic carbocycles. The molecule has 0 aromatic heterocycles. The molecule has 0 N–H and O–H groups in total. The molecule has 0 unspecified atom stereocenters. The van der Waals surface area contributed by atoms with Crippen molar-refractivity contribution in [1.82, 2.24) is 0 Å². The third-order valence-electron chi connectivity index (χ3n) is 3.04. The van der Waals surface area contributed by atoms with Crippen LogP contribution in [0.25, 0.3) is 0 Å². The highest BCUT2D eigenvalue weighted by Crippen LogP contribution is 2.52. The molecule has 0 bridgehead atoms. The predicted molar refractivity (Wildman–Crippen MR) is 80.0 cm³/mol. The molecule has 1 aliphatic rings. The highest BCUT2D eigenvalue weighted by atomic mass is 14.4. The van der Waals surface area contributed by atoms with Gasteiger partial charge in [0.15, 0.2) is 0 Å². The van der Waals surface area contributed by atoms with Gasteiger partial charge in [-0.25, -0.2) is 0 Å². The molecule has 0 aromatic rings. The quantitative estimate of drug-likeness (QED) is 0.594. The molecule has 0 heteroatoms. The summed E-state index contributed by atoms with van der Waals surface area (Å²) in [7, 11) is 0. The van der Waals surface area contributed by atoms with Crippen LogP contribution in [0.2, 0.25) is 0 Å². The molecule has 17 heavy (non-hydrogen) atoms. The van der Waals surface area contributed by atoms with E-state index in [1.165, 1.54) is 11.1 Å². The molecule has 0 saturated heterocycles. The second-order valence-electron chi connectivity index (χ2n) is 4.80. The molecule has 0 radical (unpaired) electrons. The predicted octanol–water partition coefficient (Wildman–Crippen LogP) is 5.39. The van der Waals surface area contributed by atoms with Crippen molar-refractivity contribution in [1.29, 1.82) is 0 Å². The van der Waals surface area contributed by atoms with Crippen molar-refractivity contribution in [3.63, 3.8) is 0 Å². The molecular formula is C17H24. The van der Waals surface area contributed by atoms with Crippen LogP contribution in [0.1, 0.15) is 28.2 Å². The van der Waals surface area contributed by atoms with E-state index >= 15 is 0 Å². The first-order chi connectivity index (χ1) is 7.32. The van der Waals surface area contributed by atoms with Gasteiger partial charge in [-0.3, -0.25) is 0 Å². The molecule has 0 atom stereocenters. The smallest absolute Gasteiger partial charge is 0.0158 e. The van der Waals surface area contributed by atoms with Crippen molar-refractivity contribution in [3.05, 3.63) is 72.4 Å². The summed E-state index contributed by atoms with van der Waals surface area (Å²) in [6.45, 7) is 22.3. The second-order valence-corrected chi connectivity index (χ2v) is 4.80. The molecule has 0 heterocycles. The van der Waals surface area contributed by atoms with Crippen LogP contribution in [-0.2, 0) is 0 Å². The van der Waals surface area contributed by atoms with E-state index in [9.17, 15) is 0 Å². The molecule has 1 rings (SSSR count). The van der Waals surface area contributed by atoms with Gasteiger partial charge in [-0.1, -0.05) is 71.4 Å². The molecule has 0 aromatic carbocycles. The fraction of sp³-hybridized carbons (Fsp3) is 0.294. The Labute approximate surface area is 106 Å². The van der Waals surface area contributed by atoms with Crippen LogP contribution in [-0.4, -0.2) is 0 Å². The lowest BCUT2D eigenvalue weighted by Gasteiger charge is -2.22. The molecular weight excluding hydrogens is 204 g/mol. The zero-order valence-corrected chi connectivity index (χ0v) is 10.6. The zero-order valence-electron chi connectivity index (χ0n) is 10.6. The van der Waals surface area contributed by atoms with Gasteiger partial charge < -0.3 is 0 Å². The Morgan fingerprint density at radius 3 is 2.00 bits per heavy atom. The third kappa shape index (κ3) is 2.58. The van der Waals surface area contributed by atoms with E-state index in [-0.39, 0.29) is 12.8 Å². The third-order valence-corrected chi connectivity index (χ3v) is 3.04. The van der Waals surface area contributed by atoms with Gasteiger partial charge in [0, 0.05) is 5.41 Å². The number of rotatable bonds is 2. The first-order valence-corrected chi connectivity index (χ1v) is 5.42. The lowest BCUT2D eigenvalue weighted by molar-refractivity contribution is 0.583. The Hall–Kier alpha value is -1.56. The number of hydrogen-bond donors (Lipinski definition) is 0. The van der Waals surface area contributed by atoms with E-state index < -0.39 is 0 Å². The Kier molecular flexibility index (Phi) is 4.70. The van der Waals surface area contributed by atoms with Crippen LogP contribution in [0.4, 0.5) is 0 Å². The summed E-state index contributed by atoms with van der Waals surface area (Å²) in [5, 5.41) is 0. The molecule has 0 amide bonds. The van der Waals surface area contributed by atoms with Crippen LogP contribution in [0.3, 0.4) is 0 Å². The van der Waals surface area contributed by atoms with E-state index in [1.54, 1.807) is 6.08 Å². The Bertz CT molecular complexity index is 437. The SMILES string of the molecule is C.C=C/C=C1\C(=C)C(=C)/C(=C\C(=C)C)C1(C)C. The van der Waals surface area contributed by atoms with Gasteiger partial charge in [-0.15, -0.1) is 0 Å². The first-order valence-electron chi connectivity index (χ1n) is 5.42. The van der Waals surface area contributed by atoms with E-state index in [2.05, 4.69) is 46.2 Å². The van der Waals surface area contributed by atoms with Crippen LogP contribution >= 0.6 is 0 Å². The minimum atomic E-state index is -0.0543. The van der Waals surface area contributed by atoms with Gasteiger partial charge in [0.05, 0.1) is 0 Å².